The number of aryl methyl sites for hydroxylation is 1. The molecular formula is C12H20N4O. The Morgan fingerprint density at radius 1 is 1.47 bits per heavy atom. The van der Waals surface area contributed by atoms with Crippen molar-refractivity contribution in [3.8, 4) is 0 Å². The van der Waals surface area contributed by atoms with Gasteiger partial charge in [-0.1, -0.05) is 12.1 Å². The monoisotopic (exact) mass is 236 g/mol. The number of hydrogen-bond acceptors (Lipinski definition) is 5. The molecule has 3 atom stereocenters. The zero-order valence-corrected chi connectivity index (χ0v) is 10.5. The largest absolute Gasteiger partial charge is 0.338 e. The van der Waals surface area contributed by atoms with Crippen LogP contribution in [-0.4, -0.2) is 40.7 Å². The third-order valence-electron chi connectivity index (χ3n) is 4.22. The SMILES string of the molecule is CCc1noc(CN2CC3CNCC3C2C)n1. The van der Waals surface area contributed by atoms with Gasteiger partial charge >= 0.3 is 0 Å². The number of rotatable bonds is 3. The summed E-state index contributed by atoms with van der Waals surface area (Å²) in [6, 6.07) is 0.618. The summed E-state index contributed by atoms with van der Waals surface area (Å²) in [5, 5.41) is 7.42. The third-order valence-corrected chi connectivity index (χ3v) is 4.22. The highest BCUT2D eigenvalue weighted by atomic mass is 16.5. The van der Waals surface area contributed by atoms with Crippen molar-refractivity contribution in [2.24, 2.45) is 11.8 Å². The van der Waals surface area contributed by atoms with Gasteiger partial charge in [-0.25, -0.2) is 0 Å². The van der Waals surface area contributed by atoms with Gasteiger partial charge in [0.15, 0.2) is 5.82 Å². The van der Waals surface area contributed by atoms with Gasteiger partial charge in [-0.15, -0.1) is 0 Å². The second-order valence-corrected chi connectivity index (χ2v) is 5.21. The molecule has 1 N–H and O–H groups in total. The second-order valence-electron chi connectivity index (χ2n) is 5.21. The average Bonchev–Trinajstić information content (AvgIpc) is 3.00. The van der Waals surface area contributed by atoms with Crippen molar-refractivity contribution in [1.29, 1.82) is 0 Å². The van der Waals surface area contributed by atoms with Gasteiger partial charge in [0, 0.05) is 19.0 Å². The maximum Gasteiger partial charge on any atom is 0.240 e. The van der Waals surface area contributed by atoms with Gasteiger partial charge in [0.1, 0.15) is 0 Å². The molecule has 5 nitrogen and oxygen atoms in total. The van der Waals surface area contributed by atoms with E-state index in [1.807, 2.05) is 6.92 Å². The van der Waals surface area contributed by atoms with Gasteiger partial charge in [-0.3, -0.25) is 4.90 Å². The van der Waals surface area contributed by atoms with Crippen LogP contribution in [0.25, 0.3) is 0 Å². The van der Waals surface area contributed by atoms with E-state index in [9.17, 15) is 0 Å². The number of likely N-dealkylation sites (tertiary alicyclic amines) is 1. The summed E-state index contributed by atoms with van der Waals surface area (Å²) in [6.45, 7) is 8.64. The normalized spacial score (nSPS) is 33.2. The summed E-state index contributed by atoms with van der Waals surface area (Å²) < 4.78 is 5.27. The van der Waals surface area contributed by atoms with Crippen LogP contribution in [0.15, 0.2) is 4.52 Å². The van der Waals surface area contributed by atoms with Crippen LogP contribution in [0, 0.1) is 11.8 Å². The Bertz CT molecular complexity index is 392. The minimum absolute atomic E-state index is 0.618. The predicted molar refractivity (Wildman–Crippen MR) is 63.4 cm³/mol. The summed E-state index contributed by atoms with van der Waals surface area (Å²) in [7, 11) is 0. The molecule has 3 unspecified atom stereocenters. The average molecular weight is 236 g/mol. The Balaban J connectivity index is 1.66. The van der Waals surface area contributed by atoms with Crippen LogP contribution >= 0.6 is 0 Å². The van der Waals surface area contributed by atoms with Crippen molar-refractivity contribution in [3.05, 3.63) is 11.7 Å². The topological polar surface area (TPSA) is 54.2 Å². The number of nitrogens with one attached hydrogen (secondary N) is 1. The van der Waals surface area contributed by atoms with Crippen LogP contribution in [0.5, 0.6) is 0 Å². The fourth-order valence-corrected chi connectivity index (χ4v) is 3.14. The van der Waals surface area contributed by atoms with Crippen molar-refractivity contribution >= 4 is 0 Å². The maximum absolute atomic E-state index is 5.27. The Morgan fingerprint density at radius 2 is 2.35 bits per heavy atom. The van der Waals surface area contributed by atoms with Crippen molar-refractivity contribution < 1.29 is 4.52 Å². The molecule has 2 aliphatic heterocycles. The first kappa shape index (κ1) is 11.2. The molecule has 2 fully saturated rings. The molecule has 2 aliphatic rings. The highest BCUT2D eigenvalue weighted by Crippen LogP contribution is 2.32. The molecule has 0 aliphatic carbocycles. The van der Waals surface area contributed by atoms with E-state index in [0.717, 1.165) is 56.2 Å². The zero-order chi connectivity index (χ0) is 11.8. The molecule has 94 valence electrons. The zero-order valence-electron chi connectivity index (χ0n) is 10.5. The van der Waals surface area contributed by atoms with Gasteiger partial charge in [0.25, 0.3) is 0 Å². The molecule has 0 radical (unpaired) electrons. The molecule has 0 amide bonds. The molecule has 3 heterocycles. The predicted octanol–water partition coefficient (Wildman–Crippen LogP) is 0.672. The van der Waals surface area contributed by atoms with Crippen molar-refractivity contribution in [3.63, 3.8) is 0 Å². The Morgan fingerprint density at radius 3 is 3.06 bits per heavy atom. The lowest BCUT2D eigenvalue weighted by atomic mass is 9.95. The maximum atomic E-state index is 5.27. The molecular weight excluding hydrogens is 216 g/mol. The lowest BCUT2D eigenvalue weighted by molar-refractivity contribution is 0.201. The first-order chi connectivity index (χ1) is 8.28. The Hall–Kier alpha value is -0.940. The van der Waals surface area contributed by atoms with Gasteiger partial charge in [0.2, 0.25) is 5.89 Å². The van der Waals surface area contributed by atoms with Crippen LogP contribution in [0.2, 0.25) is 0 Å². The smallest absolute Gasteiger partial charge is 0.240 e. The summed E-state index contributed by atoms with van der Waals surface area (Å²) >= 11 is 0. The molecule has 3 rings (SSSR count). The van der Waals surface area contributed by atoms with E-state index in [2.05, 4.69) is 27.3 Å². The third kappa shape index (κ3) is 1.98. The van der Waals surface area contributed by atoms with Gasteiger partial charge in [0.05, 0.1) is 6.54 Å². The van der Waals surface area contributed by atoms with E-state index in [1.165, 1.54) is 0 Å². The number of aromatic nitrogens is 2. The van der Waals surface area contributed by atoms with Gasteiger partial charge in [-0.2, -0.15) is 4.98 Å². The van der Waals surface area contributed by atoms with Crippen molar-refractivity contribution in [1.82, 2.24) is 20.4 Å². The molecule has 0 saturated carbocycles. The fourth-order valence-electron chi connectivity index (χ4n) is 3.14. The Labute approximate surface area is 102 Å². The van der Waals surface area contributed by atoms with Crippen molar-refractivity contribution in [2.45, 2.75) is 32.9 Å². The first-order valence-electron chi connectivity index (χ1n) is 6.54. The van der Waals surface area contributed by atoms with E-state index >= 15 is 0 Å². The van der Waals surface area contributed by atoms with E-state index in [1.54, 1.807) is 0 Å². The highest BCUT2D eigenvalue weighted by molar-refractivity contribution is 4.98. The molecule has 0 bridgehead atoms. The summed E-state index contributed by atoms with van der Waals surface area (Å²) in [6.07, 6.45) is 0.841. The quantitative estimate of drug-likeness (QED) is 0.836. The summed E-state index contributed by atoms with van der Waals surface area (Å²) in [5.41, 5.74) is 0. The molecule has 1 aromatic rings. The number of fused-ring (bicyclic) bond motifs is 1. The van der Waals surface area contributed by atoms with Crippen molar-refractivity contribution in [2.75, 3.05) is 19.6 Å². The molecule has 5 heteroatoms. The summed E-state index contributed by atoms with van der Waals surface area (Å²) in [4.78, 5) is 6.86. The fraction of sp³-hybridized carbons (Fsp3) is 0.833. The van der Waals surface area contributed by atoms with Crippen LogP contribution in [0.3, 0.4) is 0 Å². The standard InChI is InChI=1S/C12H20N4O/c1-3-11-14-12(17-15-11)7-16-6-9-4-13-5-10(9)8(16)2/h8-10,13H,3-7H2,1-2H3. The van der Waals surface area contributed by atoms with E-state index in [4.69, 9.17) is 4.52 Å². The van der Waals surface area contributed by atoms with E-state index in [-0.39, 0.29) is 0 Å². The number of hydrogen-bond donors (Lipinski definition) is 1. The van der Waals surface area contributed by atoms with Crippen LogP contribution in [0.1, 0.15) is 25.6 Å². The number of nitrogens with zero attached hydrogens (tertiary/aromatic N) is 3. The molecule has 0 aromatic carbocycles. The lowest BCUT2D eigenvalue weighted by Gasteiger charge is -2.22. The lowest BCUT2D eigenvalue weighted by Crippen LogP contribution is -2.32. The second kappa shape index (κ2) is 4.38. The molecule has 17 heavy (non-hydrogen) atoms. The van der Waals surface area contributed by atoms with Crippen LogP contribution in [0.4, 0.5) is 0 Å². The minimum atomic E-state index is 0.618. The van der Waals surface area contributed by atoms with E-state index < -0.39 is 0 Å². The summed E-state index contributed by atoms with van der Waals surface area (Å²) in [5.74, 6) is 3.18. The first-order valence-corrected chi connectivity index (χ1v) is 6.54. The molecule has 0 spiro atoms. The van der Waals surface area contributed by atoms with Crippen LogP contribution < -0.4 is 5.32 Å². The van der Waals surface area contributed by atoms with Crippen LogP contribution in [-0.2, 0) is 13.0 Å². The molecule has 2 saturated heterocycles. The van der Waals surface area contributed by atoms with Gasteiger partial charge < -0.3 is 9.84 Å². The Kier molecular flexibility index (Phi) is 2.88. The van der Waals surface area contributed by atoms with Gasteiger partial charge in [-0.05, 0) is 31.8 Å². The minimum Gasteiger partial charge on any atom is -0.338 e. The highest BCUT2D eigenvalue weighted by Gasteiger charge is 2.41. The molecule has 1 aromatic heterocycles. The van der Waals surface area contributed by atoms with E-state index in [0.29, 0.717) is 6.04 Å².